The van der Waals surface area contributed by atoms with Crippen LogP contribution in [0.4, 0.5) is 9.93 Å². The molecule has 2 aliphatic heterocycles. The highest BCUT2D eigenvalue weighted by Gasteiger charge is 2.42. The highest BCUT2D eigenvalue weighted by atomic mass is 32.1. The van der Waals surface area contributed by atoms with E-state index in [1.54, 1.807) is 18.2 Å². The van der Waals surface area contributed by atoms with E-state index in [9.17, 15) is 14.4 Å². The Morgan fingerprint density at radius 1 is 1.24 bits per heavy atom. The fourth-order valence-electron chi connectivity index (χ4n) is 3.76. The average Bonchev–Trinajstić information content (AvgIpc) is 3.23. The van der Waals surface area contributed by atoms with E-state index in [2.05, 4.69) is 26.5 Å². The van der Waals surface area contributed by atoms with Crippen LogP contribution in [-0.4, -0.2) is 66.3 Å². The van der Waals surface area contributed by atoms with Gasteiger partial charge in [0.25, 0.3) is 5.91 Å². The van der Waals surface area contributed by atoms with E-state index in [1.165, 1.54) is 31.6 Å². The molecule has 0 radical (unpaired) electrons. The van der Waals surface area contributed by atoms with Gasteiger partial charge >= 0.3 is 12.0 Å². The maximum absolute atomic E-state index is 12.6. The SMILES string of the molecule is CNC(=O)Nc1nc2c(s1)C1COCC(C2)N1C(=S)NNC(=O)c1cccc(C(=O)OC)c1. The van der Waals surface area contributed by atoms with Gasteiger partial charge in [0.2, 0.25) is 0 Å². The highest BCUT2D eigenvalue weighted by molar-refractivity contribution is 7.80. The Hall–Kier alpha value is -3.29. The molecule has 2 unspecified atom stereocenters. The van der Waals surface area contributed by atoms with Gasteiger partial charge in [-0.2, -0.15) is 0 Å². The lowest BCUT2D eigenvalue weighted by Gasteiger charge is -2.46. The molecule has 1 aromatic heterocycles. The number of aromatic nitrogens is 1. The molecule has 3 heterocycles. The summed E-state index contributed by atoms with van der Waals surface area (Å²) in [7, 11) is 2.82. The number of carbonyl (C=O) groups is 3. The van der Waals surface area contributed by atoms with Gasteiger partial charge in [-0.05, 0) is 30.4 Å². The highest BCUT2D eigenvalue weighted by Crippen LogP contribution is 2.41. The third-order valence-corrected chi connectivity index (χ3v) is 6.71. The maximum Gasteiger partial charge on any atom is 0.337 e. The number of thiocarbonyl (C=S) groups is 1. The van der Waals surface area contributed by atoms with Crippen LogP contribution in [0.5, 0.6) is 0 Å². The standard InChI is InChI=1S/C20H22N6O5S2/c1-21-18(29)23-19-22-13-7-12-8-31-9-14(15(13)33-19)26(12)20(32)25-24-16(27)10-4-3-5-11(6-10)17(28)30-2/h3-6,12,14H,7-9H2,1-2H3,(H,24,27)(H,25,32)(H2,21,22,23,29). The number of thiazole rings is 1. The molecule has 0 spiro atoms. The third-order valence-electron chi connectivity index (χ3n) is 5.29. The second kappa shape index (κ2) is 9.68. The monoisotopic (exact) mass is 490 g/mol. The Labute approximate surface area is 198 Å². The molecule has 0 saturated carbocycles. The Bertz CT molecular complexity index is 1110. The zero-order chi connectivity index (χ0) is 23.5. The molecule has 1 fully saturated rings. The fraction of sp³-hybridized carbons (Fsp3) is 0.350. The number of nitrogens with zero attached hydrogens (tertiary/aromatic N) is 2. The molecule has 0 aliphatic carbocycles. The van der Waals surface area contributed by atoms with Crippen LogP contribution in [0.3, 0.4) is 0 Å². The molecule has 4 N–H and O–H groups in total. The summed E-state index contributed by atoms with van der Waals surface area (Å²) in [6.07, 6.45) is 0.592. The normalized spacial score (nSPS) is 18.5. The van der Waals surface area contributed by atoms with Gasteiger partial charge in [-0.15, -0.1) is 0 Å². The molecule has 2 aliphatic rings. The van der Waals surface area contributed by atoms with Crippen molar-refractivity contribution in [1.82, 2.24) is 26.1 Å². The molecule has 174 valence electrons. The summed E-state index contributed by atoms with van der Waals surface area (Å²) in [5.41, 5.74) is 6.87. The number of hydrogen-bond donors (Lipinski definition) is 4. The van der Waals surface area contributed by atoms with E-state index in [4.69, 9.17) is 21.7 Å². The molecule has 4 rings (SSSR count). The second-order valence-corrected chi connectivity index (χ2v) is 8.73. The first-order valence-corrected chi connectivity index (χ1v) is 11.3. The number of amides is 3. The van der Waals surface area contributed by atoms with Crippen LogP contribution in [0, 0.1) is 0 Å². The topological polar surface area (TPSA) is 134 Å². The largest absolute Gasteiger partial charge is 0.465 e. The van der Waals surface area contributed by atoms with Gasteiger partial charge in [-0.3, -0.25) is 21.0 Å². The minimum Gasteiger partial charge on any atom is -0.465 e. The van der Waals surface area contributed by atoms with E-state index in [0.29, 0.717) is 29.9 Å². The maximum atomic E-state index is 12.6. The van der Waals surface area contributed by atoms with Gasteiger partial charge in [-0.1, -0.05) is 17.4 Å². The van der Waals surface area contributed by atoms with Crippen LogP contribution >= 0.6 is 23.6 Å². The zero-order valence-corrected chi connectivity index (χ0v) is 19.5. The van der Waals surface area contributed by atoms with Crippen LogP contribution in [0.25, 0.3) is 0 Å². The van der Waals surface area contributed by atoms with Crippen molar-refractivity contribution in [3.63, 3.8) is 0 Å². The number of rotatable bonds is 3. The first kappa shape index (κ1) is 22.9. The second-order valence-electron chi connectivity index (χ2n) is 7.31. The summed E-state index contributed by atoms with van der Waals surface area (Å²) in [5, 5.41) is 6.06. The molecule has 11 nitrogen and oxygen atoms in total. The Balaban J connectivity index is 1.45. The summed E-state index contributed by atoms with van der Waals surface area (Å²) in [4.78, 5) is 43.5. The van der Waals surface area contributed by atoms with Crippen molar-refractivity contribution in [2.24, 2.45) is 0 Å². The predicted molar refractivity (Wildman–Crippen MR) is 124 cm³/mol. The first-order valence-electron chi connectivity index (χ1n) is 10.0. The number of anilines is 1. The molecule has 33 heavy (non-hydrogen) atoms. The number of urea groups is 1. The van der Waals surface area contributed by atoms with E-state index in [0.717, 1.165) is 10.6 Å². The Morgan fingerprint density at radius 3 is 2.79 bits per heavy atom. The summed E-state index contributed by atoms with van der Waals surface area (Å²) < 4.78 is 10.4. The van der Waals surface area contributed by atoms with E-state index < -0.39 is 11.9 Å². The summed E-state index contributed by atoms with van der Waals surface area (Å²) in [6.45, 7) is 0.866. The molecular formula is C20H22N6O5S2. The number of hydrazine groups is 1. The molecule has 1 aromatic carbocycles. The average molecular weight is 491 g/mol. The molecular weight excluding hydrogens is 468 g/mol. The van der Waals surface area contributed by atoms with Crippen LogP contribution in [0.15, 0.2) is 24.3 Å². The number of morpholine rings is 1. The Morgan fingerprint density at radius 2 is 2.03 bits per heavy atom. The van der Waals surface area contributed by atoms with E-state index in [-0.39, 0.29) is 29.2 Å². The van der Waals surface area contributed by atoms with Crippen molar-refractivity contribution in [1.29, 1.82) is 0 Å². The van der Waals surface area contributed by atoms with Crippen LogP contribution in [-0.2, 0) is 15.9 Å². The molecule has 2 aromatic rings. The number of fused-ring (bicyclic) bond motifs is 4. The van der Waals surface area contributed by atoms with Crippen LogP contribution in [0.1, 0.15) is 37.3 Å². The first-order chi connectivity index (χ1) is 15.9. The van der Waals surface area contributed by atoms with E-state index >= 15 is 0 Å². The quantitative estimate of drug-likeness (QED) is 0.284. The van der Waals surface area contributed by atoms with Crippen molar-refractivity contribution in [2.75, 3.05) is 32.7 Å². The van der Waals surface area contributed by atoms with Crippen molar-refractivity contribution in [2.45, 2.75) is 18.5 Å². The number of esters is 1. The number of ether oxygens (including phenoxy) is 2. The molecule has 13 heteroatoms. The van der Waals surface area contributed by atoms with Crippen molar-refractivity contribution < 1.29 is 23.9 Å². The fourth-order valence-corrected chi connectivity index (χ4v) is 5.16. The summed E-state index contributed by atoms with van der Waals surface area (Å²) in [6, 6.07) is 5.60. The summed E-state index contributed by atoms with van der Waals surface area (Å²) >= 11 is 6.96. The van der Waals surface area contributed by atoms with Gasteiger partial charge in [0.1, 0.15) is 0 Å². The number of methoxy groups -OCH3 is 1. The molecule has 2 atom stereocenters. The number of carbonyl (C=O) groups excluding carboxylic acids is 3. The van der Waals surface area contributed by atoms with Crippen LogP contribution < -0.4 is 21.5 Å². The van der Waals surface area contributed by atoms with Crippen molar-refractivity contribution in [3.05, 3.63) is 46.0 Å². The number of nitrogens with one attached hydrogen (secondary N) is 4. The smallest absolute Gasteiger partial charge is 0.337 e. The lowest BCUT2D eigenvalue weighted by atomic mass is 9.97. The minimum atomic E-state index is -0.528. The minimum absolute atomic E-state index is 0.0641. The van der Waals surface area contributed by atoms with Gasteiger partial charge in [0.05, 0.1) is 48.5 Å². The predicted octanol–water partition coefficient (Wildman–Crippen LogP) is 1.20. The molecule has 3 amide bonds. The van der Waals surface area contributed by atoms with E-state index in [1.807, 2.05) is 4.90 Å². The summed E-state index contributed by atoms with van der Waals surface area (Å²) in [5.74, 6) is -0.975. The van der Waals surface area contributed by atoms with Gasteiger partial charge in [0.15, 0.2) is 10.2 Å². The lowest BCUT2D eigenvalue weighted by molar-refractivity contribution is -0.0214. The van der Waals surface area contributed by atoms with Crippen LogP contribution in [0.2, 0.25) is 0 Å². The zero-order valence-electron chi connectivity index (χ0n) is 17.8. The molecule has 2 bridgehead atoms. The van der Waals surface area contributed by atoms with Crippen molar-refractivity contribution in [3.8, 4) is 0 Å². The van der Waals surface area contributed by atoms with Gasteiger partial charge in [0, 0.05) is 19.0 Å². The van der Waals surface area contributed by atoms with Crippen molar-refractivity contribution >= 4 is 51.7 Å². The number of benzene rings is 1. The lowest BCUT2D eigenvalue weighted by Crippen LogP contribution is -2.59. The Kier molecular flexibility index (Phi) is 6.72. The number of hydrogen-bond acceptors (Lipinski definition) is 8. The molecule has 1 saturated heterocycles. The van der Waals surface area contributed by atoms with Gasteiger partial charge in [-0.25, -0.2) is 14.6 Å². The van der Waals surface area contributed by atoms with Gasteiger partial charge < -0.3 is 19.7 Å². The third kappa shape index (κ3) is 4.74.